The summed E-state index contributed by atoms with van der Waals surface area (Å²) in [5, 5.41) is 11.7. The summed E-state index contributed by atoms with van der Waals surface area (Å²) in [5.41, 5.74) is 0.0858. The molecule has 0 saturated carbocycles. The number of anilines is 1. The minimum atomic E-state index is -1.02. The van der Waals surface area contributed by atoms with Crippen LogP contribution < -0.4 is 5.32 Å². The highest BCUT2D eigenvalue weighted by Gasteiger charge is 2.15. The molecule has 1 saturated heterocycles. The van der Waals surface area contributed by atoms with Crippen LogP contribution in [0.15, 0.2) is 12.4 Å². The van der Waals surface area contributed by atoms with Gasteiger partial charge in [-0.3, -0.25) is 0 Å². The quantitative estimate of drug-likeness (QED) is 0.784. The molecule has 0 amide bonds. The maximum atomic E-state index is 10.6. The summed E-state index contributed by atoms with van der Waals surface area (Å²) in [7, 11) is 0. The van der Waals surface area contributed by atoms with Gasteiger partial charge in [0.05, 0.1) is 11.7 Å². The van der Waals surface area contributed by atoms with E-state index in [1.54, 1.807) is 0 Å². The minimum absolute atomic E-state index is 0.0858. The van der Waals surface area contributed by atoms with Crippen molar-refractivity contribution in [3.8, 4) is 0 Å². The third-order valence-corrected chi connectivity index (χ3v) is 2.41. The summed E-state index contributed by atoms with van der Waals surface area (Å²) in [5.74, 6) is -0.592. The van der Waals surface area contributed by atoms with Crippen molar-refractivity contribution in [2.75, 3.05) is 18.5 Å². The molecular weight excluding hydrogens is 210 g/mol. The highest BCUT2D eigenvalue weighted by atomic mass is 16.5. The van der Waals surface area contributed by atoms with Crippen LogP contribution in [-0.2, 0) is 4.74 Å². The van der Waals surface area contributed by atoms with E-state index in [0.29, 0.717) is 12.5 Å². The topological polar surface area (TPSA) is 84.3 Å². The third kappa shape index (κ3) is 2.66. The lowest BCUT2D eigenvalue weighted by Gasteiger charge is -2.10. The van der Waals surface area contributed by atoms with E-state index in [0.717, 1.165) is 19.4 Å². The molecule has 0 spiro atoms. The van der Waals surface area contributed by atoms with Crippen LogP contribution in [0.25, 0.3) is 0 Å². The Bertz CT molecular complexity index is 360. The summed E-state index contributed by atoms with van der Waals surface area (Å²) in [4.78, 5) is 18.4. The van der Waals surface area contributed by atoms with E-state index in [1.807, 2.05) is 0 Å². The van der Waals surface area contributed by atoms with Crippen molar-refractivity contribution in [3.63, 3.8) is 0 Å². The standard InChI is InChI=1S/C10H13N3O3/c14-9(15)7-4-11-10(12-5-7)13-6-8-2-1-3-16-8/h4-5,8H,1-3,6H2,(H,14,15)(H,11,12,13)/t8-/m0/s1. The average Bonchev–Trinajstić information content (AvgIpc) is 2.80. The van der Waals surface area contributed by atoms with Crippen LogP contribution in [0.1, 0.15) is 23.2 Å². The Hall–Kier alpha value is -1.69. The van der Waals surface area contributed by atoms with Crippen LogP contribution in [0, 0.1) is 0 Å². The predicted octanol–water partition coefficient (Wildman–Crippen LogP) is 0.766. The number of nitrogens with one attached hydrogen (secondary N) is 1. The average molecular weight is 223 g/mol. The van der Waals surface area contributed by atoms with Crippen LogP contribution in [0.3, 0.4) is 0 Å². The van der Waals surface area contributed by atoms with Gasteiger partial charge in [-0.1, -0.05) is 0 Å². The largest absolute Gasteiger partial charge is 0.478 e. The summed E-state index contributed by atoms with van der Waals surface area (Å²) in [6, 6.07) is 0. The van der Waals surface area contributed by atoms with Gasteiger partial charge in [-0.2, -0.15) is 0 Å². The number of rotatable bonds is 4. The van der Waals surface area contributed by atoms with Gasteiger partial charge in [-0.05, 0) is 12.8 Å². The van der Waals surface area contributed by atoms with Gasteiger partial charge in [0, 0.05) is 25.5 Å². The molecule has 1 fully saturated rings. The number of aromatic carboxylic acids is 1. The molecule has 2 N–H and O–H groups in total. The number of aromatic nitrogens is 2. The van der Waals surface area contributed by atoms with Crippen molar-refractivity contribution in [3.05, 3.63) is 18.0 Å². The van der Waals surface area contributed by atoms with E-state index >= 15 is 0 Å². The van der Waals surface area contributed by atoms with Crippen molar-refractivity contribution in [2.24, 2.45) is 0 Å². The number of carboxylic acid groups (broad SMARTS) is 1. The zero-order valence-electron chi connectivity index (χ0n) is 8.72. The van der Waals surface area contributed by atoms with Gasteiger partial charge in [0.25, 0.3) is 0 Å². The molecule has 86 valence electrons. The first-order valence-electron chi connectivity index (χ1n) is 5.16. The monoisotopic (exact) mass is 223 g/mol. The smallest absolute Gasteiger partial charge is 0.338 e. The SMILES string of the molecule is O=C(O)c1cnc(NC[C@@H]2CCCO2)nc1. The highest BCUT2D eigenvalue weighted by molar-refractivity contribution is 5.86. The first-order valence-corrected chi connectivity index (χ1v) is 5.16. The molecule has 2 heterocycles. The fraction of sp³-hybridized carbons (Fsp3) is 0.500. The van der Waals surface area contributed by atoms with E-state index in [-0.39, 0.29) is 11.7 Å². The summed E-state index contributed by atoms with van der Waals surface area (Å²) >= 11 is 0. The second-order valence-corrected chi connectivity index (χ2v) is 3.62. The second kappa shape index (κ2) is 4.89. The number of ether oxygens (including phenoxy) is 1. The molecule has 1 aromatic rings. The Balaban J connectivity index is 1.87. The lowest BCUT2D eigenvalue weighted by molar-refractivity contribution is 0.0696. The highest BCUT2D eigenvalue weighted by Crippen LogP contribution is 2.12. The van der Waals surface area contributed by atoms with Gasteiger partial charge < -0.3 is 15.2 Å². The van der Waals surface area contributed by atoms with Crippen molar-refractivity contribution >= 4 is 11.9 Å². The second-order valence-electron chi connectivity index (χ2n) is 3.62. The number of hydrogen-bond acceptors (Lipinski definition) is 5. The normalized spacial score (nSPS) is 19.6. The van der Waals surface area contributed by atoms with E-state index in [4.69, 9.17) is 9.84 Å². The maximum Gasteiger partial charge on any atom is 0.338 e. The predicted molar refractivity (Wildman–Crippen MR) is 56.5 cm³/mol. The molecule has 0 aliphatic carbocycles. The molecule has 0 radical (unpaired) electrons. The molecule has 0 bridgehead atoms. The summed E-state index contributed by atoms with van der Waals surface area (Å²) in [6.07, 6.45) is 4.91. The van der Waals surface area contributed by atoms with E-state index in [9.17, 15) is 4.79 Å². The Morgan fingerprint density at radius 1 is 1.56 bits per heavy atom. The Morgan fingerprint density at radius 2 is 2.31 bits per heavy atom. The van der Waals surface area contributed by atoms with E-state index in [1.165, 1.54) is 12.4 Å². The molecule has 2 rings (SSSR count). The first-order chi connectivity index (χ1) is 7.75. The van der Waals surface area contributed by atoms with Crippen molar-refractivity contribution in [2.45, 2.75) is 18.9 Å². The molecule has 1 atom stereocenters. The fourth-order valence-corrected chi connectivity index (χ4v) is 1.54. The Kier molecular flexibility index (Phi) is 3.31. The van der Waals surface area contributed by atoms with Crippen LogP contribution in [-0.4, -0.2) is 40.3 Å². The Morgan fingerprint density at radius 3 is 2.88 bits per heavy atom. The number of carbonyl (C=O) groups is 1. The Labute approximate surface area is 92.7 Å². The van der Waals surface area contributed by atoms with Gasteiger partial charge >= 0.3 is 5.97 Å². The van der Waals surface area contributed by atoms with Crippen LogP contribution in [0.5, 0.6) is 0 Å². The third-order valence-electron chi connectivity index (χ3n) is 2.41. The number of carboxylic acids is 1. The number of hydrogen-bond donors (Lipinski definition) is 2. The maximum absolute atomic E-state index is 10.6. The van der Waals surface area contributed by atoms with Gasteiger partial charge in [-0.25, -0.2) is 14.8 Å². The molecule has 0 aromatic carbocycles. The molecule has 16 heavy (non-hydrogen) atoms. The van der Waals surface area contributed by atoms with E-state index in [2.05, 4.69) is 15.3 Å². The molecule has 1 aliphatic rings. The number of nitrogens with zero attached hydrogens (tertiary/aromatic N) is 2. The molecule has 1 aromatic heterocycles. The van der Waals surface area contributed by atoms with Crippen molar-refractivity contribution in [1.82, 2.24) is 9.97 Å². The first kappa shape index (κ1) is 10.8. The molecule has 1 aliphatic heterocycles. The fourth-order valence-electron chi connectivity index (χ4n) is 1.54. The lowest BCUT2D eigenvalue weighted by atomic mass is 10.2. The zero-order valence-corrected chi connectivity index (χ0v) is 8.72. The van der Waals surface area contributed by atoms with Crippen molar-refractivity contribution < 1.29 is 14.6 Å². The van der Waals surface area contributed by atoms with Gasteiger partial charge in [0.1, 0.15) is 0 Å². The van der Waals surface area contributed by atoms with E-state index < -0.39 is 5.97 Å². The molecular formula is C10H13N3O3. The summed E-state index contributed by atoms with van der Waals surface area (Å²) < 4.78 is 5.42. The van der Waals surface area contributed by atoms with Crippen LogP contribution >= 0.6 is 0 Å². The molecule has 0 unspecified atom stereocenters. The van der Waals surface area contributed by atoms with Crippen LogP contribution in [0.2, 0.25) is 0 Å². The summed E-state index contributed by atoms with van der Waals surface area (Å²) in [6.45, 7) is 1.47. The lowest BCUT2D eigenvalue weighted by Crippen LogP contribution is -2.19. The minimum Gasteiger partial charge on any atom is -0.478 e. The van der Waals surface area contributed by atoms with Gasteiger partial charge in [0.15, 0.2) is 0 Å². The molecule has 6 nitrogen and oxygen atoms in total. The van der Waals surface area contributed by atoms with Crippen molar-refractivity contribution in [1.29, 1.82) is 0 Å². The van der Waals surface area contributed by atoms with Gasteiger partial charge in [-0.15, -0.1) is 0 Å². The molecule has 6 heteroatoms. The van der Waals surface area contributed by atoms with Crippen LogP contribution in [0.4, 0.5) is 5.95 Å². The zero-order chi connectivity index (χ0) is 11.4. The van der Waals surface area contributed by atoms with Gasteiger partial charge in [0.2, 0.25) is 5.95 Å².